The molecule has 1 atom stereocenters. The van der Waals surface area contributed by atoms with Gasteiger partial charge in [0.25, 0.3) is 0 Å². The molecule has 6 nitrogen and oxygen atoms in total. The van der Waals surface area contributed by atoms with Gasteiger partial charge in [-0.25, -0.2) is 19.3 Å². The van der Waals surface area contributed by atoms with Gasteiger partial charge in [0.05, 0.1) is 18.6 Å². The first kappa shape index (κ1) is 18.6. The predicted molar refractivity (Wildman–Crippen MR) is 110 cm³/mol. The average molecular weight is 380 g/mol. The van der Waals surface area contributed by atoms with E-state index in [-0.39, 0.29) is 6.17 Å². The van der Waals surface area contributed by atoms with Gasteiger partial charge in [-0.3, -0.25) is 4.90 Å². The van der Waals surface area contributed by atoms with Gasteiger partial charge < -0.3 is 10.2 Å². The molecule has 1 aliphatic heterocycles. The molecule has 2 aromatic heterocycles. The molecule has 146 valence electrons. The molecule has 0 bridgehead atoms. The van der Waals surface area contributed by atoms with E-state index in [1.807, 2.05) is 24.4 Å². The summed E-state index contributed by atoms with van der Waals surface area (Å²) in [5.41, 5.74) is 0. The van der Waals surface area contributed by atoms with Crippen LogP contribution in [0.5, 0.6) is 0 Å². The second kappa shape index (κ2) is 8.48. The van der Waals surface area contributed by atoms with Crippen molar-refractivity contribution in [2.24, 2.45) is 0 Å². The number of benzene rings is 1. The summed E-state index contributed by atoms with van der Waals surface area (Å²) in [6.07, 6.45) is 6.66. The highest BCUT2D eigenvalue weighted by Crippen LogP contribution is 2.23. The van der Waals surface area contributed by atoms with E-state index in [1.165, 1.54) is 17.8 Å². The molecule has 4 rings (SSSR count). The fourth-order valence-electron chi connectivity index (χ4n) is 3.71. The quantitative estimate of drug-likeness (QED) is 0.706. The third-order valence-corrected chi connectivity index (χ3v) is 5.18. The van der Waals surface area contributed by atoms with Crippen LogP contribution in [0.1, 0.15) is 19.8 Å². The molecule has 3 heterocycles. The van der Waals surface area contributed by atoms with Crippen molar-refractivity contribution in [3.63, 3.8) is 0 Å². The first-order valence-corrected chi connectivity index (χ1v) is 9.81. The van der Waals surface area contributed by atoms with E-state index in [1.54, 1.807) is 0 Å². The van der Waals surface area contributed by atoms with E-state index < -0.39 is 5.82 Å². The first-order valence-electron chi connectivity index (χ1n) is 9.81. The molecule has 7 heteroatoms. The van der Waals surface area contributed by atoms with Gasteiger partial charge in [0.1, 0.15) is 5.82 Å². The van der Waals surface area contributed by atoms with Crippen LogP contribution in [-0.4, -0.2) is 52.2 Å². The minimum absolute atomic E-state index is 0.222. The van der Waals surface area contributed by atoms with Crippen molar-refractivity contribution in [1.29, 1.82) is 0 Å². The second-order valence-corrected chi connectivity index (χ2v) is 7.05. The number of hydrogen-bond acceptors (Lipinski definition) is 6. The predicted octanol–water partition coefficient (Wildman–Crippen LogP) is 3.52. The molecule has 1 aliphatic rings. The van der Waals surface area contributed by atoms with Gasteiger partial charge in [0, 0.05) is 37.8 Å². The lowest BCUT2D eigenvalue weighted by molar-refractivity contribution is 0.192. The van der Waals surface area contributed by atoms with Crippen molar-refractivity contribution in [3.8, 4) is 0 Å². The number of anilines is 2. The number of rotatable bonds is 6. The van der Waals surface area contributed by atoms with Crippen LogP contribution in [0.25, 0.3) is 10.8 Å². The Morgan fingerprint density at radius 3 is 2.54 bits per heavy atom. The number of piperazine rings is 1. The summed E-state index contributed by atoms with van der Waals surface area (Å²) in [5.74, 6) is 1.12. The number of fused-ring (bicyclic) bond motifs is 1. The maximum absolute atomic E-state index is 13.1. The Labute approximate surface area is 164 Å². The molecule has 1 aromatic carbocycles. The molecule has 1 unspecified atom stereocenters. The molecule has 1 saturated heterocycles. The van der Waals surface area contributed by atoms with Gasteiger partial charge in [-0.2, -0.15) is 0 Å². The number of halogens is 1. The zero-order valence-corrected chi connectivity index (χ0v) is 16.1. The molecular formula is C21H25FN6. The second-order valence-electron chi connectivity index (χ2n) is 7.05. The molecule has 1 N–H and O–H groups in total. The topological polar surface area (TPSA) is 57.2 Å². The minimum Gasteiger partial charge on any atom is -0.354 e. The van der Waals surface area contributed by atoms with Crippen LogP contribution < -0.4 is 10.2 Å². The zero-order valence-electron chi connectivity index (χ0n) is 16.1. The maximum atomic E-state index is 13.1. The van der Waals surface area contributed by atoms with E-state index in [0.717, 1.165) is 50.2 Å². The summed E-state index contributed by atoms with van der Waals surface area (Å²) in [4.78, 5) is 17.4. The van der Waals surface area contributed by atoms with Crippen molar-refractivity contribution in [2.75, 3.05) is 36.4 Å². The molecule has 3 aromatic rings. The highest BCUT2D eigenvalue weighted by molar-refractivity contribution is 5.91. The Balaban J connectivity index is 1.46. The van der Waals surface area contributed by atoms with Crippen molar-refractivity contribution >= 4 is 22.5 Å². The van der Waals surface area contributed by atoms with Crippen molar-refractivity contribution in [2.45, 2.75) is 25.9 Å². The van der Waals surface area contributed by atoms with Gasteiger partial charge >= 0.3 is 0 Å². The Morgan fingerprint density at radius 1 is 1.04 bits per heavy atom. The monoisotopic (exact) mass is 380 g/mol. The molecule has 0 spiro atoms. The van der Waals surface area contributed by atoms with Gasteiger partial charge in [-0.05, 0) is 17.9 Å². The standard InChI is InChI=1S/C21H25FN6/c1-2-5-19(26-20-18-7-4-3-6-16(18)8-9-23-20)27-10-12-28(13-11-27)21-24-14-17(22)15-25-21/h3-4,6-9,14-15,19H,2,5,10-13H2,1H3,(H,23,26). The third kappa shape index (κ3) is 4.04. The van der Waals surface area contributed by atoms with Gasteiger partial charge in [-0.1, -0.05) is 37.6 Å². The van der Waals surface area contributed by atoms with Crippen LogP contribution in [0, 0.1) is 5.82 Å². The third-order valence-electron chi connectivity index (χ3n) is 5.18. The van der Waals surface area contributed by atoms with Gasteiger partial charge in [0.2, 0.25) is 5.95 Å². The minimum atomic E-state index is -0.405. The highest BCUT2D eigenvalue weighted by atomic mass is 19.1. The van der Waals surface area contributed by atoms with Crippen LogP contribution in [0.4, 0.5) is 16.2 Å². The summed E-state index contributed by atoms with van der Waals surface area (Å²) < 4.78 is 13.1. The van der Waals surface area contributed by atoms with Crippen LogP contribution in [0.15, 0.2) is 48.9 Å². The van der Waals surface area contributed by atoms with Gasteiger partial charge in [-0.15, -0.1) is 0 Å². The van der Waals surface area contributed by atoms with Crippen molar-refractivity contribution in [3.05, 3.63) is 54.7 Å². The first-order chi connectivity index (χ1) is 13.7. The number of pyridine rings is 1. The molecular weight excluding hydrogens is 355 g/mol. The molecule has 1 fully saturated rings. The van der Waals surface area contributed by atoms with Crippen molar-refractivity contribution in [1.82, 2.24) is 19.9 Å². The number of aromatic nitrogens is 3. The van der Waals surface area contributed by atoms with E-state index >= 15 is 0 Å². The summed E-state index contributed by atoms with van der Waals surface area (Å²) in [7, 11) is 0. The van der Waals surface area contributed by atoms with Crippen LogP contribution >= 0.6 is 0 Å². The van der Waals surface area contributed by atoms with E-state index in [4.69, 9.17) is 0 Å². The molecule has 0 radical (unpaired) electrons. The molecule has 0 aliphatic carbocycles. The molecule has 28 heavy (non-hydrogen) atoms. The van der Waals surface area contributed by atoms with E-state index in [9.17, 15) is 4.39 Å². The lowest BCUT2D eigenvalue weighted by atomic mass is 10.1. The molecule has 0 amide bonds. The van der Waals surface area contributed by atoms with Crippen LogP contribution in [0.2, 0.25) is 0 Å². The smallest absolute Gasteiger partial charge is 0.225 e. The van der Waals surface area contributed by atoms with Crippen LogP contribution in [-0.2, 0) is 0 Å². The fraction of sp³-hybridized carbons (Fsp3) is 0.381. The maximum Gasteiger partial charge on any atom is 0.225 e. The number of hydrogen-bond donors (Lipinski definition) is 1. The lowest BCUT2D eigenvalue weighted by Crippen LogP contribution is -2.53. The normalized spacial score (nSPS) is 16.3. The van der Waals surface area contributed by atoms with Crippen LogP contribution in [0.3, 0.4) is 0 Å². The van der Waals surface area contributed by atoms with E-state index in [0.29, 0.717) is 5.95 Å². The summed E-state index contributed by atoms with van der Waals surface area (Å²) in [6.45, 7) is 5.62. The zero-order chi connectivity index (χ0) is 19.3. The Morgan fingerprint density at radius 2 is 1.79 bits per heavy atom. The Kier molecular flexibility index (Phi) is 5.62. The lowest BCUT2D eigenvalue weighted by Gasteiger charge is -2.39. The largest absolute Gasteiger partial charge is 0.354 e. The molecule has 0 saturated carbocycles. The SMILES string of the molecule is CCCC(Nc1nccc2ccccc12)N1CCN(c2ncc(F)cn2)CC1. The summed E-state index contributed by atoms with van der Waals surface area (Å²) >= 11 is 0. The summed E-state index contributed by atoms with van der Waals surface area (Å²) in [6, 6.07) is 10.4. The van der Waals surface area contributed by atoms with Crippen molar-refractivity contribution < 1.29 is 4.39 Å². The number of nitrogens with zero attached hydrogens (tertiary/aromatic N) is 5. The number of nitrogens with one attached hydrogen (secondary N) is 1. The summed E-state index contributed by atoms with van der Waals surface area (Å²) in [5, 5.41) is 6.00. The highest BCUT2D eigenvalue weighted by Gasteiger charge is 2.25. The van der Waals surface area contributed by atoms with Gasteiger partial charge in [0.15, 0.2) is 5.82 Å². The Bertz CT molecular complexity index is 903. The fourth-order valence-corrected chi connectivity index (χ4v) is 3.71. The Hall–Kier alpha value is -2.80. The van der Waals surface area contributed by atoms with E-state index in [2.05, 4.69) is 49.1 Å². The average Bonchev–Trinajstić information content (AvgIpc) is 2.74.